The van der Waals surface area contributed by atoms with Crippen LogP contribution in [0.1, 0.15) is 19.8 Å². The van der Waals surface area contributed by atoms with Crippen LogP contribution < -0.4 is 10.6 Å². The largest absolute Gasteiger partial charge is 0.383 e. The third-order valence-electron chi connectivity index (χ3n) is 2.65. The fraction of sp³-hybridized carbons (Fsp3) is 1.00. The third-order valence-corrected chi connectivity index (χ3v) is 2.65. The second-order valence-electron chi connectivity index (χ2n) is 4.14. The van der Waals surface area contributed by atoms with Crippen molar-refractivity contribution in [2.45, 2.75) is 31.9 Å². The molecular formula is C11H24N2O2. The van der Waals surface area contributed by atoms with E-state index in [4.69, 9.17) is 9.47 Å². The molecule has 0 bridgehead atoms. The second kappa shape index (κ2) is 8.05. The van der Waals surface area contributed by atoms with E-state index < -0.39 is 0 Å². The molecule has 1 unspecified atom stereocenters. The Morgan fingerprint density at radius 3 is 3.07 bits per heavy atom. The molecule has 1 fully saturated rings. The number of rotatable bonds is 8. The van der Waals surface area contributed by atoms with Gasteiger partial charge in [-0.1, -0.05) is 0 Å². The molecule has 4 nitrogen and oxygen atoms in total. The van der Waals surface area contributed by atoms with Gasteiger partial charge in [0, 0.05) is 39.4 Å². The zero-order valence-electron chi connectivity index (χ0n) is 9.92. The van der Waals surface area contributed by atoms with E-state index in [2.05, 4.69) is 17.6 Å². The van der Waals surface area contributed by atoms with Crippen LogP contribution in [-0.4, -0.2) is 52.1 Å². The van der Waals surface area contributed by atoms with E-state index in [9.17, 15) is 0 Å². The van der Waals surface area contributed by atoms with Crippen molar-refractivity contribution >= 4 is 0 Å². The summed E-state index contributed by atoms with van der Waals surface area (Å²) in [5.74, 6) is 0. The van der Waals surface area contributed by atoms with Gasteiger partial charge in [0.05, 0.1) is 12.7 Å². The predicted octanol–water partition coefficient (Wildman–Crippen LogP) is 0.380. The molecule has 2 N–H and O–H groups in total. The summed E-state index contributed by atoms with van der Waals surface area (Å²) in [7, 11) is 1.72. The predicted molar refractivity (Wildman–Crippen MR) is 61.2 cm³/mol. The molecule has 1 heterocycles. The van der Waals surface area contributed by atoms with Crippen molar-refractivity contribution in [3.05, 3.63) is 0 Å². The van der Waals surface area contributed by atoms with Gasteiger partial charge in [-0.3, -0.25) is 0 Å². The lowest BCUT2D eigenvalue weighted by atomic mass is 10.2. The molecule has 0 aromatic rings. The van der Waals surface area contributed by atoms with E-state index in [1.165, 1.54) is 12.8 Å². The van der Waals surface area contributed by atoms with Gasteiger partial charge in [0.1, 0.15) is 0 Å². The first-order chi connectivity index (χ1) is 7.33. The molecule has 90 valence electrons. The first-order valence-electron chi connectivity index (χ1n) is 5.87. The van der Waals surface area contributed by atoms with Crippen LogP contribution in [0.25, 0.3) is 0 Å². The SMILES string of the molecule is COCCNCC(C)NC[C@H]1CCCO1. The Morgan fingerprint density at radius 2 is 2.40 bits per heavy atom. The zero-order chi connectivity index (χ0) is 10.9. The summed E-state index contributed by atoms with van der Waals surface area (Å²) >= 11 is 0. The number of hydrogen-bond donors (Lipinski definition) is 2. The highest BCUT2D eigenvalue weighted by molar-refractivity contribution is 4.71. The van der Waals surface area contributed by atoms with Crippen molar-refractivity contribution in [2.24, 2.45) is 0 Å². The lowest BCUT2D eigenvalue weighted by Crippen LogP contribution is -2.40. The van der Waals surface area contributed by atoms with Gasteiger partial charge in [-0.25, -0.2) is 0 Å². The number of ether oxygens (including phenoxy) is 2. The summed E-state index contributed by atoms with van der Waals surface area (Å²) in [4.78, 5) is 0. The van der Waals surface area contributed by atoms with E-state index in [1.54, 1.807) is 7.11 Å². The molecule has 1 saturated heterocycles. The maximum Gasteiger partial charge on any atom is 0.0700 e. The Hall–Kier alpha value is -0.160. The number of hydrogen-bond acceptors (Lipinski definition) is 4. The molecule has 0 saturated carbocycles. The van der Waals surface area contributed by atoms with E-state index in [0.29, 0.717) is 12.1 Å². The van der Waals surface area contributed by atoms with Crippen molar-refractivity contribution in [3.63, 3.8) is 0 Å². The smallest absolute Gasteiger partial charge is 0.0700 e. The molecule has 1 aliphatic rings. The van der Waals surface area contributed by atoms with Crippen molar-refractivity contribution < 1.29 is 9.47 Å². The molecule has 15 heavy (non-hydrogen) atoms. The maximum absolute atomic E-state index is 5.54. The van der Waals surface area contributed by atoms with E-state index in [1.807, 2.05) is 0 Å². The summed E-state index contributed by atoms with van der Waals surface area (Å²) in [6.07, 6.45) is 2.86. The Balaban J connectivity index is 1.90. The van der Waals surface area contributed by atoms with E-state index in [0.717, 1.165) is 32.8 Å². The minimum atomic E-state index is 0.437. The van der Waals surface area contributed by atoms with Crippen molar-refractivity contribution in [3.8, 4) is 0 Å². The molecule has 0 aliphatic carbocycles. The fourth-order valence-corrected chi connectivity index (χ4v) is 1.70. The molecule has 4 heteroatoms. The van der Waals surface area contributed by atoms with Crippen molar-refractivity contribution in [2.75, 3.05) is 40.0 Å². The van der Waals surface area contributed by atoms with Gasteiger partial charge in [-0.05, 0) is 19.8 Å². The van der Waals surface area contributed by atoms with Gasteiger partial charge in [0.25, 0.3) is 0 Å². The summed E-state index contributed by atoms with van der Waals surface area (Å²) in [5.41, 5.74) is 0. The molecule has 0 aromatic heterocycles. The summed E-state index contributed by atoms with van der Waals surface area (Å²) in [5, 5.41) is 6.81. The van der Waals surface area contributed by atoms with E-state index >= 15 is 0 Å². The quantitative estimate of drug-likeness (QED) is 0.576. The number of methoxy groups -OCH3 is 1. The van der Waals surface area contributed by atoms with Gasteiger partial charge in [0.15, 0.2) is 0 Å². The van der Waals surface area contributed by atoms with Gasteiger partial charge in [-0.2, -0.15) is 0 Å². The first-order valence-corrected chi connectivity index (χ1v) is 5.87. The van der Waals surface area contributed by atoms with Crippen LogP contribution >= 0.6 is 0 Å². The van der Waals surface area contributed by atoms with Crippen LogP contribution in [0, 0.1) is 0 Å². The highest BCUT2D eigenvalue weighted by Gasteiger charge is 2.15. The zero-order valence-corrected chi connectivity index (χ0v) is 9.92. The summed E-state index contributed by atoms with van der Waals surface area (Å²) in [6.45, 7) is 6.78. The molecule has 1 rings (SSSR count). The monoisotopic (exact) mass is 216 g/mol. The molecular weight excluding hydrogens is 192 g/mol. The lowest BCUT2D eigenvalue weighted by molar-refractivity contribution is 0.108. The molecule has 0 radical (unpaired) electrons. The van der Waals surface area contributed by atoms with Gasteiger partial charge in [0.2, 0.25) is 0 Å². The van der Waals surface area contributed by atoms with Crippen LogP contribution in [-0.2, 0) is 9.47 Å². The van der Waals surface area contributed by atoms with Crippen LogP contribution in [0.3, 0.4) is 0 Å². The minimum absolute atomic E-state index is 0.437. The van der Waals surface area contributed by atoms with Crippen molar-refractivity contribution in [1.82, 2.24) is 10.6 Å². The summed E-state index contributed by atoms with van der Waals surface area (Å²) in [6, 6.07) is 0.492. The molecule has 0 amide bonds. The van der Waals surface area contributed by atoms with Crippen LogP contribution in [0.2, 0.25) is 0 Å². The van der Waals surface area contributed by atoms with Crippen molar-refractivity contribution in [1.29, 1.82) is 0 Å². The summed E-state index contributed by atoms with van der Waals surface area (Å²) < 4.78 is 10.5. The molecule has 0 aromatic carbocycles. The maximum atomic E-state index is 5.54. The lowest BCUT2D eigenvalue weighted by Gasteiger charge is -2.17. The Kier molecular flexibility index (Phi) is 6.92. The van der Waals surface area contributed by atoms with Gasteiger partial charge < -0.3 is 20.1 Å². The van der Waals surface area contributed by atoms with Crippen LogP contribution in [0.5, 0.6) is 0 Å². The third kappa shape index (κ3) is 6.10. The normalized spacial score (nSPS) is 23.2. The Bertz CT molecular complexity index is 150. The average molecular weight is 216 g/mol. The van der Waals surface area contributed by atoms with Gasteiger partial charge >= 0.3 is 0 Å². The van der Waals surface area contributed by atoms with Crippen LogP contribution in [0.15, 0.2) is 0 Å². The van der Waals surface area contributed by atoms with E-state index in [-0.39, 0.29) is 0 Å². The number of nitrogens with one attached hydrogen (secondary N) is 2. The highest BCUT2D eigenvalue weighted by atomic mass is 16.5. The van der Waals surface area contributed by atoms with Gasteiger partial charge in [-0.15, -0.1) is 0 Å². The topological polar surface area (TPSA) is 42.5 Å². The van der Waals surface area contributed by atoms with Crippen LogP contribution in [0.4, 0.5) is 0 Å². The molecule has 2 atom stereocenters. The molecule has 0 spiro atoms. The Morgan fingerprint density at radius 1 is 1.53 bits per heavy atom. The molecule has 1 aliphatic heterocycles. The average Bonchev–Trinajstić information content (AvgIpc) is 2.74. The highest BCUT2D eigenvalue weighted by Crippen LogP contribution is 2.10. The standard InChI is InChI=1S/C11H24N2O2/c1-10(8-12-5-7-14-2)13-9-11-4-3-6-15-11/h10-13H,3-9H2,1-2H3/t10?,11-/m1/s1. The minimum Gasteiger partial charge on any atom is -0.383 e. The second-order valence-corrected chi connectivity index (χ2v) is 4.14. The fourth-order valence-electron chi connectivity index (χ4n) is 1.70. The Labute approximate surface area is 92.7 Å². The first kappa shape index (κ1) is 12.9.